The zero-order valence-electron chi connectivity index (χ0n) is 18.6. The number of fused-ring (bicyclic) bond motifs is 2. The summed E-state index contributed by atoms with van der Waals surface area (Å²) in [6.07, 6.45) is 1.12. The Labute approximate surface area is 186 Å². The number of hydrogen-bond donors (Lipinski definition) is 2. The normalized spacial score (nSPS) is 26.9. The molecular weight excluding hydrogens is 408 g/mol. The van der Waals surface area contributed by atoms with Crippen LogP contribution in [0.1, 0.15) is 39.2 Å². The molecule has 0 spiro atoms. The number of carbonyl (C=O) groups is 2. The van der Waals surface area contributed by atoms with Gasteiger partial charge in [0, 0.05) is 23.2 Å². The second-order valence-electron chi connectivity index (χ2n) is 9.39. The molecule has 2 fully saturated rings. The Bertz CT molecular complexity index is 1150. The largest absolute Gasteiger partial charge is 0.325 e. The van der Waals surface area contributed by atoms with Gasteiger partial charge in [-0.25, -0.2) is 0 Å². The van der Waals surface area contributed by atoms with E-state index in [2.05, 4.69) is 15.8 Å². The third-order valence-corrected chi connectivity index (χ3v) is 7.61. The van der Waals surface area contributed by atoms with Gasteiger partial charge in [0.2, 0.25) is 5.91 Å². The predicted molar refractivity (Wildman–Crippen MR) is 123 cm³/mol. The molecule has 0 saturated heterocycles. The van der Waals surface area contributed by atoms with E-state index < -0.39 is 21.2 Å². The number of hydrazone groups is 1. The lowest BCUT2D eigenvalue weighted by Gasteiger charge is -2.37. The van der Waals surface area contributed by atoms with Crippen LogP contribution >= 0.6 is 0 Å². The summed E-state index contributed by atoms with van der Waals surface area (Å²) in [5.41, 5.74) is 2.95. The van der Waals surface area contributed by atoms with E-state index in [9.17, 15) is 19.7 Å². The Morgan fingerprint density at radius 3 is 2.38 bits per heavy atom. The third kappa shape index (κ3) is 2.93. The predicted octanol–water partition coefficient (Wildman–Crippen LogP) is 4.71. The van der Waals surface area contributed by atoms with Crippen molar-refractivity contribution in [3.63, 3.8) is 0 Å². The fourth-order valence-electron chi connectivity index (χ4n) is 5.21. The molecule has 0 aliphatic heterocycles. The standard InChI is InChI=1S/C24H26N4O4/c1-15-6-5-7-17(14-15)25-21(30)24-13-12-23(4,22(24,2)3)19(20(24)29)27-26-16-8-10-18(11-9-16)28(31)32/h5-11,14,26H,12-13H2,1-4H3,(H,25,30). The van der Waals surface area contributed by atoms with E-state index in [0.717, 1.165) is 5.56 Å². The van der Waals surface area contributed by atoms with Gasteiger partial charge in [-0.1, -0.05) is 32.9 Å². The molecule has 2 saturated carbocycles. The summed E-state index contributed by atoms with van der Waals surface area (Å²) in [5.74, 6) is -0.571. The maximum atomic E-state index is 13.7. The number of anilines is 2. The third-order valence-electron chi connectivity index (χ3n) is 7.61. The minimum Gasteiger partial charge on any atom is -0.325 e. The second-order valence-corrected chi connectivity index (χ2v) is 9.39. The molecule has 0 radical (unpaired) electrons. The van der Waals surface area contributed by atoms with Crippen LogP contribution in [0.4, 0.5) is 17.1 Å². The Hall–Kier alpha value is -3.55. The number of aryl methyl sites for hydroxylation is 1. The van der Waals surface area contributed by atoms with Gasteiger partial charge in [0.1, 0.15) is 11.1 Å². The number of amides is 1. The first kappa shape index (κ1) is 21.7. The molecule has 2 aliphatic carbocycles. The van der Waals surface area contributed by atoms with Crippen molar-refractivity contribution in [2.45, 2.75) is 40.5 Å². The summed E-state index contributed by atoms with van der Waals surface area (Å²) < 4.78 is 0. The summed E-state index contributed by atoms with van der Waals surface area (Å²) in [6.45, 7) is 7.85. The van der Waals surface area contributed by atoms with E-state index in [-0.39, 0.29) is 17.4 Å². The summed E-state index contributed by atoms with van der Waals surface area (Å²) in [5, 5.41) is 18.2. The van der Waals surface area contributed by atoms with Gasteiger partial charge in [0.05, 0.1) is 10.6 Å². The first-order chi connectivity index (χ1) is 15.0. The van der Waals surface area contributed by atoms with E-state index in [1.165, 1.54) is 24.3 Å². The van der Waals surface area contributed by atoms with Gasteiger partial charge in [-0.3, -0.25) is 25.1 Å². The van der Waals surface area contributed by atoms with Gasteiger partial charge in [0.15, 0.2) is 5.78 Å². The maximum absolute atomic E-state index is 13.7. The molecule has 2 aromatic rings. The van der Waals surface area contributed by atoms with Crippen molar-refractivity contribution in [1.29, 1.82) is 0 Å². The lowest BCUT2D eigenvalue weighted by molar-refractivity contribution is -0.384. The number of nitrogens with zero attached hydrogens (tertiary/aromatic N) is 2. The Morgan fingerprint density at radius 2 is 1.75 bits per heavy atom. The summed E-state index contributed by atoms with van der Waals surface area (Å²) in [7, 11) is 0. The number of carbonyl (C=O) groups excluding carboxylic acids is 2. The summed E-state index contributed by atoms with van der Waals surface area (Å²) in [6, 6.07) is 13.3. The first-order valence-electron chi connectivity index (χ1n) is 10.5. The highest BCUT2D eigenvalue weighted by atomic mass is 16.6. The molecule has 2 N–H and O–H groups in total. The molecule has 8 heteroatoms. The average molecular weight is 434 g/mol. The first-order valence-corrected chi connectivity index (χ1v) is 10.5. The highest BCUT2D eigenvalue weighted by molar-refractivity contribution is 6.51. The van der Waals surface area contributed by atoms with E-state index in [1.54, 1.807) is 0 Å². The highest BCUT2D eigenvalue weighted by Gasteiger charge is 2.76. The van der Waals surface area contributed by atoms with E-state index in [4.69, 9.17) is 0 Å². The van der Waals surface area contributed by atoms with Crippen LogP contribution in [0, 0.1) is 33.3 Å². The van der Waals surface area contributed by atoms with Crippen molar-refractivity contribution in [3.05, 3.63) is 64.2 Å². The molecule has 2 aliphatic rings. The quantitative estimate of drug-likeness (QED) is 0.402. The van der Waals surface area contributed by atoms with Crippen molar-refractivity contribution in [3.8, 4) is 0 Å². The van der Waals surface area contributed by atoms with Crippen LogP contribution in [0.15, 0.2) is 53.6 Å². The molecule has 2 bridgehead atoms. The number of non-ortho nitro benzene ring substituents is 1. The van der Waals surface area contributed by atoms with E-state index in [0.29, 0.717) is 29.9 Å². The number of hydrogen-bond acceptors (Lipinski definition) is 6. The minimum atomic E-state index is -1.21. The lowest BCUT2D eigenvalue weighted by Crippen LogP contribution is -2.47. The van der Waals surface area contributed by atoms with Gasteiger partial charge in [-0.2, -0.15) is 5.10 Å². The van der Waals surface area contributed by atoms with Crippen LogP contribution in [0.3, 0.4) is 0 Å². The van der Waals surface area contributed by atoms with Crippen LogP contribution in [0.2, 0.25) is 0 Å². The van der Waals surface area contributed by atoms with Gasteiger partial charge >= 0.3 is 0 Å². The topological polar surface area (TPSA) is 114 Å². The Kier molecular flexibility index (Phi) is 4.91. The zero-order chi connectivity index (χ0) is 23.3. The van der Waals surface area contributed by atoms with E-state index >= 15 is 0 Å². The summed E-state index contributed by atoms with van der Waals surface area (Å²) >= 11 is 0. The van der Waals surface area contributed by atoms with Crippen molar-refractivity contribution >= 4 is 34.5 Å². The van der Waals surface area contributed by atoms with Crippen molar-refractivity contribution in [2.24, 2.45) is 21.3 Å². The van der Waals surface area contributed by atoms with Gasteiger partial charge in [-0.05, 0) is 55.0 Å². The molecule has 2 atom stereocenters. The molecule has 166 valence electrons. The number of ketones is 1. The Morgan fingerprint density at radius 1 is 1.06 bits per heavy atom. The number of rotatable bonds is 5. The molecule has 2 aromatic carbocycles. The highest BCUT2D eigenvalue weighted by Crippen LogP contribution is 2.69. The fourth-order valence-corrected chi connectivity index (χ4v) is 5.21. The fraction of sp³-hybridized carbons (Fsp3) is 0.375. The number of Topliss-reactive ketones (excluding diaryl/α,β-unsaturated/α-hetero) is 1. The van der Waals surface area contributed by atoms with Crippen LogP contribution < -0.4 is 10.7 Å². The smallest absolute Gasteiger partial charge is 0.269 e. The van der Waals surface area contributed by atoms with E-state index in [1.807, 2.05) is 52.0 Å². The monoisotopic (exact) mass is 434 g/mol. The van der Waals surface area contributed by atoms with Crippen LogP contribution in [0.5, 0.6) is 0 Å². The van der Waals surface area contributed by atoms with Crippen molar-refractivity contribution in [2.75, 3.05) is 10.7 Å². The minimum absolute atomic E-state index is 0.0286. The lowest BCUT2D eigenvalue weighted by atomic mass is 9.64. The SMILES string of the molecule is Cc1cccc(NC(=O)C23CCC(C)(C(=NNc4ccc([N+](=O)[O-])cc4)C2=O)C3(C)C)c1. The molecule has 8 nitrogen and oxygen atoms in total. The zero-order valence-corrected chi connectivity index (χ0v) is 18.6. The summed E-state index contributed by atoms with van der Waals surface area (Å²) in [4.78, 5) is 37.5. The molecule has 4 rings (SSSR count). The molecule has 1 amide bonds. The number of nitrogens with one attached hydrogen (secondary N) is 2. The Balaban J connectivity index is 1.65. The average Bonchev–Trinajstić information content (AvgIpc) is 3.02. The van der Waals surface area contributed by atoms with Crippen LogP contribution in [0.25, 0.3) is 0 Å². The molecule has 0 aromatic heterocycles. The molecule has 2 unspecified atom stereocenters. The molecule has 0 heterocycles. The maximum Gasteiger partial charge on any atom is 0.269 e. The van der Waals surface area contributed by atoms with Crippen molar-refractivity contribution < 1.29 is 14.5 Å². The number of nitro benzene ring substituents is 1. The molecular formula is C24H26N4O4. The van der Waals surface area contributed by atoms with Crippen LogP contribution in [-0.4, -0.2) is 22.3 Å². The van der Waals surface area contributed by atoms with Gasteiger partial charge < -0.3 is 5.32 Å². The van der Waals surface area contributed by atoms with Crippen molar-refractivity contribution in [1.82, 2.24) is 0 Å². The van der Waals surface area contributed by atoms with Gasteiger partial charge in [-0.15, -0.1) is 0 Å². The second kappa shape index (κ2) is 7.25. The number of benzene rings is 2. The van der Waals surface area contributed by atoms with Gasteiger partial charge in [0.25, 0.3) is 5.69 Å². The number of nitro groups is 1. The molecule has 32 heavy (non-hydrogen) atoms. The van der Waals surface area contributed by atoms with Crippen LogP contribution in [-0.2, 0) is 9.59 Å².